The van der Waals surface area contributed by atoms with Crippen LogP contribution in [-0.4, -0.2) is 34.8 Å². The number of aryl methyl sites for hydroxylation is 1. The molecule has 35 heavy (non-hydrogen) atoms. The summed E-state index contributed by atoms with van der Waals surface area (Å²) in [6.07, 6.45) is 1.51. The van der Waals surface area contributed by atoms with E-state index in [-0.39, 0.29) is 25.5 Å². The van der Waals surface area contributed by atoms with Gasteiger partial charge < -0.3 is 10.2 Å². The molecule has 2 aromatic carbocycles. The molecule has 0 aliphatic carbocycles. The van der Waals surface area contributed by atoms with Crippen molar-refractivity contribution in [3.63, 3.8) is 0 Å². The molecule has 2 amide bonds. The van der Waals surface area contributed by atoms with Crippen molar-refractivity contribution in [3.8, 4) is 0 Å². The molecule has 2 N–H and O–H groups in total. The van der Waals surface area contributed by atoms with Crippen LogP contribution in [0.4, 0.5) is 24.7 Å². The summed E-state index contributed by atoms with van der Waals surface area (Å²) in [5, 5.41) is 2.62. The van der Waals surface area contributed by atoms with Gasteiger partial charge in [-0.05, 0) is 52.8 Å². The highest BCUT2D eigenvalue weighted by molar-refractivity contribution is 14.1. The van der Waals surface area contributed by atoms with Gasteiger partial charge in [0.05, 0.1) is 23.8 Å². The van der Waals surface area contributed by atoms with Crippen LogP contribution >= 0.6 is 22.6 Å². The normalized spacial score (nSPS) is 13.3. The van der Waals surface area contributed by atoms with Crippen molar-refractivity contribution in [2.45, 2.75) is 13.5 Å². The summed E-state index contributed by atoms with van der Waals surface area (Å²) in [6.45, 7) is 1.91. The van der Waals surface area contributed by atoms with E-state index < -0.39 is 46.4 Å². The lowest BCUT2D eigenvalue weighted by molar-refractivity contribution is -0.143. The van der Waals surface area contributed by atoms with Crippen molar-refractivity contribution < 1.29 is 27.6 Å². The number of pyridine rings is 1. The molecule has 0 atom stereocenters. The number of amides is 2. The van der Waals surface area contributed by atoms with Crippen LogP contribution < -0.4 is 10.8 Å². The molecule has 0 spiro atoms. The number of hydroxylamine groups is 1. The van der Waals surface area contributed by atoms with Gasteiger partial charge in [0.25, 0.3) is 5.91 Å². The summed E-state index contributed by atoms with van der Waals surface area (Å²) in [4.78, 5) is 35.9. The lowest BCUT2D eigenvalue weighted by Crippen LogP contribution is -2.55. The molecule has 0 radical (unpaired) electrons. The zero-order valence-electron chi connectivity index (χ0n) is 18.4. The van der Waals surface area contributed by atoms with Crippen LogP contribution in [0, 0.1) is 33.9 Å². The average molecular weight is 596 g/mol. The summed E-state index contributed by atoms with van der Waals surface area (Å²) >= 11 is 2.05. The van der Waals surface area contributed by atoms with E-state index in [9.17, 15) is 22.8 Å². The lowest BCUT2D eigenvalue weighted by Gasteiger charge is -2.38. The Hall–Kier alpha value is -3.19. The highest BCUT2D eigenvalue weighted by Gasteiger charge is 2.38. The van der Waals surface area contributed by atoms with Gasteiger partial charge in [-0.2, -0.15) is 0 Å². The number of benzene rings is 2. The summed E-state index contributed by atoms with van der Waals surface area (Å²) in [6, 6.07) is 11.6. The van der Waals surface area contributed by atoms with E-state index in [1.807, 2.05) is 52.9 Å². The number of nitrogens with zero attached hydrogens (tertiary/aromatic N) is 2. The van der Waals surface area contributed by atoms with Crippen LogP contribution in [0.1, 0.15) is 21.5 Å². The SMILES string of the molecule is Cc1cc(I)cnc1Nc1c(C(=O)N2CC(C(=O)NOCc3ccccc3)C2)cc(F)c(F)c1F. The predicted molar refractivity (Wildman–Crippen MR) is 130 cm³/mol. The summed E-state index contributed by atoms with van der Waals surface area (Å²) < 4.78 is 43.5. The van der Waals surface area contributed by atoms with Crippen molar-refractivity contribution in [2.75, 3.05) is 18.4 Å². The minimum Gasteiger partial charge on any atom is -0.337 e. The number of hydrogen-bond donors (Lipinski definition) is 2. The molecule has 3 aromatic rings. The summed E-state index contributed by atoms with van der Waals surface area (Å²) in [5.41, 5.74) is 2.91. The third kappa shape index (κ3) is 5.56. The number of carbonyl (C=O) groups excluding carboxylic acids is 2. The van der Waals surface area contributed by atoms with Crippen LogP contribution in [0.2, 0.25) is 0 Å². The molecule has 1 saturated heterocycles. The van der Waals surface area contributed by atoms with Gasteiger partial charge in [0.2, 0.25) is 5.91 Å². The molecule has 0 saturated carbocycles. The maximum atomic E-state index is 14.7. The number of anilines is 2. The van der Waals surface area contributed by atoms with Gasteiger partial charge in [0.1, 0.15) is 5.82 Å². The second kappa shape index (κ2) is 10.6. The van der Waals surface area contributed by atoms with Gasteiger partial charge >= 0.3 is 0 Å². The molecular formula is C24H20F3IN4O3. The lowest BCUT2D eigenvalue weighted by atomic mass is 9.97. The first kappa shape index (κ1) is 24.9. The minimum atomic E-state index is -1.70. The van der Waals surface area contributed by atoms with E-state index in [4.69, 9.17) is 4.84 Å². The quantitative estimate of drug-likeness (QED) is 0.239. The molecular weight excluding hydrogens is 576 g/mol. The smallest absolute Gasteiger partial charge is 0.256 e. The molecule has 182 valence electrons. The second-order valence-corrected chi connectivity index (χ2v) is 9.25. The second-order valence-electron chi connectivity index (χ2n) is 8.00. The number of carbonyl (C=O) groups is 2. The van der Waals surface area contributed by atoms with Gasteiger partial charge in [-0.25, -0.2) is 23.6 Å². The molecule has 1 fully saturated rings. The Kier molecular flexibility index (Phi) is 7.55. The molecule has 4 rings (SSSR count). The zero-order valence-corrected chi connectivity index (χ0v) is 20.6. The maximum absolute atomic E-state index is 14.7. The number of likely N-dealkylation sites (tertiary alicyclic amines) is 1. The van der Waals surface area contributed by atoms with Crippen molar-refractivity contribution >= 4 is 45.9 Å². The Morgan fingerprint density at radius 3 is 2.54 bits per heavy atom. The molecule has 1 aliphatic heterocycles. The first-order valence-corrected chi connectivity index (χ1v) is 11.6. The fraction of sp³-hybridized carbons (Fsp3) is 0.208. The Labute approximate surface area is 212 Å². The average Bonchev–Trinajstić information content (AvgIpc) is 2.80. The van der Waals surface area contributed by atoms with Crippen LogP contribution in [0.25, 0.3) is 0 Å². The maximum Gasteiger partial charge on any atom is 0.256 e. The molecule has 2 heterocycles. The molecule has 1 aromatic heterocycles. The number of nitrogens with one attached hydrogen (secondary N) is 2. The number of rotatable bonds is 7. The third-order valence-corrected chi connectivity index (χ3v) is 6.06. The van der Waals surface area contributed by atoms with Crippen LogP contribution in [0.15, 0.2) is 48.7 Å². The highest BCUT2D eigenvalue weighted by Crippen LogP contribution is 2.31. The summed E-state index contributed by atoms with van der Waals surface area (Å²) in [5.74, 6) is -6.25. The fourth-order valence-electron chi connectivity index (χ4n) is 3.50. The molecule has 1 aliphatic rings. The Balaban J connectivity index is 1.43. The van der Waals surface area contributed by atoms with E-state index in [1.54, 1.807) is 13.0 Å². The van der Waals surface area contributed by atoms with E-state index >= 15 is 0 Å². The number of halogens is 4. The van der Waals surface area contributed by atoms with Gasteiger partial charge in [0.15, 0.2) is 17.5 Å². The fourth-order valence-corrected chi connectivity index (χ4v) is 4.11. The summed E-state index contributed by atoms with van der Waals surface area (Å²) in [7, 11) is 0. The number of hydrogen-bond acceptors (Lipinski definition) is 5. The van der Waals surface area contributed by atoms with Crippen molar-refractivity contribution in [1.29, 1.82) is 0 Å². The molecule has 7 nitrogen and oxygen atoms in total. The standard InChI is InChI=1S/C24H20F3IN4O3/c1-13-7-16(28)9-29-22(13)30-21-17(8-18(25)19(26)20(21)27)24(34)32-10-15(11-32)23(33)31-35-12-14-5-3-2-4-6-14/h2-9,15H,10-12H2,1H3,(H,29,30)(H,31,33). The van der Waals surface area contributed by atoms with Gasteiger partial charge in [-0.15, -0.1) is 0 Å². The van der Waals surface area contributed by atoms with Crippen LogP contribution in [0.3, 0.4) is 0 Å². The minimum absolute atomic E-state index is 0.0141. The molecule has 0 unspecified atom stereocenters. The van der Waals surface area contributed by atoms with E-state index in [2.05, 4.69) is 15.8 Å². The largest absolute Gasteiger partial charge is 0.337 e. The predicted octanol–water partition coefficient (Wildman–Crippen LogP) is 4.48. The van der Waals surface area contributed by atoms with Crippen molar-refractivity contribution in [2.24, 2.45) is 5.92 Å². The zero-order chi connectivity index (χ0) is 25.1. The topological polar surface area (TPSA) is 83.6 Å². The van der Waals surface area contributed by atoms with Gasteiger partial charge in [-0.3, -0.25) is 14.4 Å². The first-order chi connectivity index (χ1) is 16.7. The van der Waals surface area contributed by atoms with Crippen LogP contribution in [-0.2, 0) is 16.2 Å². The van der Waals surface area contributed by atoms with E-state index in [0.717, 1.165) is 9.13 Å². The van der Waals surface area contributed by atoms with Crippen LogP contribution in [0.5, 0.6) is 0 Å². The monoisotopic (exact) mass is 596 g/mol. The Bertz CT molecular complexity index is 1270. The number of aromatic nitrogens is 1. The van der Waals surface area contributed by atoms with E-state index in [1.165, 1.54) is 11.1 Å². The first-order valence-electron chi connectivity index (χ1n) is 10.6. The van der Waals surface area contributed by atoms with Crippen molar-refractivity contribution in [1.82, 2.24) is 15.4 Å². The Morgan fingerprint density at radius 1 is 1.14 bits per heavy atom. The van der Waals surface area contributed by atoms with Gasteiger partial charge in [0, 0.05) is 22.9 Å². The Morgan fingerprint density at radius 2 is 1.86 bits per heavy atom. The van der Waals surface area contributed by atoms with E-state index in [0.29, 0.717) is 11.6 Å². The highest BCUT2D eigenvalue weighted by atomic mass is 127. The molecule has 0 bridgehead atoms. The van der Waals surface area contributed by atoms with Crippen molar-refractivity contribution in [3.05, 3.63) is 86.4 Å². The van der Waals surface area contributed by atoms with Gasteiger partial charge in [-0.1, -0.05) is 30.3 Å². The third-order valence-electron chi connectivity index (χ3n) is 5.47. The molecule has 11 heteroatoms.